The monoisotopic (exact) mass is 288 g/mol. The minimum Gasteiger partial charge on any atom is -0.456 e. The fraction of sp³-hybridized carbons (Fsp3) is 0.188. The first kappa shape index (κ1) is 13.7. The molecule has 0 fully saturated rings. The fourth-order valence-corrected chi connectivity index (χ4v) is 2.30. The summed E-state index contributed by atoms with van der Waals surface area (Å²) in [4.78, 5) is 4.07. The van der Waals surface area contributed by atoms with Crippen molar-refractivity contribution in [3.63, 3.8) is 0 Å². The molecule has 3 aromatic rings. The molecule has 0 aliphatic heterocycles. The first-order valence-electron chi connectivity index (χ1n) is 6.72. The Morgan fingerprint density at radius 3 is 2.76 bits per heavy atom. The molecule has 0 amide bonds. The molecule has 0 spiro atoms. The Hall–Kier alpha value is -2.27. The lowest BCUT2D eigenvalue weighted by molar-refractivity contribution is 0.459. The molecule has 0 radical (unpaired) electrons. The van der Waals surface area contributed by atoms with Crippen LogP contribution in [-0.2, 0) is 0 Å². The highest BCUT2D eigenvalue weighted by molar-refractivity contribution is 5.78. The Kier molecular flexibility index (Phi) is 3.66. The summed E-state index contributed by atoms with van der Waals surface area (Å²) in [5.41, 5.74) is 0.843. The summed E-state index contributed by atoms with van der Waals surface area (Å²) >= 11 is 0. The maximum Gasteiger partial charge on any atom is 0.169 e. The van der Waals surface area contributed by atoms with Crippen LogP contribution in [0.25, 0.3) is 11.0 Å². The second-order valence-corrected chi connectivity index (χ2v) is 4.70. The van der Waals surface area contributed by atoms with Gasteiger partial charge in [0.15, 0.2) is 11.4 Å². The Bertz CT molecular complexity index is 753. The third-order valence-electron chi connectivity index (χ3n) is 3.25. The molecule has 0 saturated carbocycles. The average Bonchev–Trinajstić information content (AvgIpc) is 2.91. The molecule has 2 aromatic heterocycles. The summed E-state index contributed by atoms with van der Waals surface area (Å²) in [6.45, 7) is 2.61. The molecule has 5 heteroatoms. The van der Waals surface area contributed by atoms with Crippen LogP contribution < -0.4 is 5.32 Å². The number of nitrogens with one attached hydrogen (secondary N) is 1. The van der Waals surface area contributed by atoms with Crippen molar-refractivity contribution in [3.8, 4) is 0 Å². The van der Waals surface area contributed by atoms with E-state index >= 15 is 0 Å². The third kappa shape index (κ3) is 2.64. The molecule has 1 N–H and O–H groups in total. The molecule has 1 aromatic carbocycles. The molecule has 0 aliphatic carbocycles. The van der Waals surface area contributed by atoms with Gasteiger partial charge in [-0.3, -0.25) is 4.98 Å². The number of nitrogens with zero attached hydrogens (tertiary/aromatic N) is 1. The van der Waals surface area contributed by atoms with Gasteiger partial charge in [-0.2, -0.15) is 0 Å². The first-order chi connectivity index (χ1) is 10.2. The van der Waals surface area contributed by atoms with Crippen LogP contribution in [0.3, 0.4) is 0 Å². The zero-order valence-corrected chi connectivity index (χ0v) is 11.4. The van der Waals surface area contributed by atoms with Gasteiger partial charge < -0.3 is 9.73 Å². The van der Waals surface area contributed by atoms with Crippen LogP contribution in [0.15, 0.2) is 47.0 Å². The predicted octanol–water partition coefficient (Wildman–Crippen LogP) is 3.80. The summed E-state index contributed by atoms with van der Waals surface area (Å²) in [5, 5.41) is 3.90. The zero-order valence-electron chi connectivity index (χ0n) is 11.4. The minimum absolute atomic E-state index is 0.220. The van der Waals surface area contributed by atoms with E-state index in [0.29, 0.717) is 23.4 Å². The van der Waals surface area contributed by atoms with Crippen molar-refractivity contribution in [2.75, 3.05) is 6.54 Å². The summed E-state index contributed by atoms with van der Waals surface area (Å²) in [5.74, 6) is -0.248. The van der Waals surface area contributed by atoms with Crippen LogP contribution in [0.5, 0.6) is 0 Å². The maximum absolute atomic E-state index is 13.7. The second kappa shape index (κ2) is 5.61. The quantitative estimate of drug-likeness (QED) is 0.793. The van der Waals surface area contributed by atoms with Crippen LogP contribution in [0.1, 0.15) is 24.4 Å². The Balaban J connectivity index is 2.06. The Labute approximate surface area is 120 Å². The van der Waals surface area contributed by atoms with Crippen molar-refractivity contribution in [2.45, 2.75) is 13.0 Å². The van der Waals surface area contributed by atoms with E-state index in [-0.39, 0.29) is 11.6 Å². The SMILES string of the molecule is CCNC(c1ccc(F)cn1)c1cc2cccc(F)c2o1. The lowest BCUT2D eigenvalue weighted by Gasteiger charge is -2.14. The van der Waals surface area contributed by atoms with Crippen molar-refractivity contribution >= 4 is 11.0 Å². The first-order valence-corrected chi connectivity index (χ1v) is 6.72. The molecule has 108 valence electrons. The number of pyridine rings is 1. The summed E-state index contributed by atoms with van der Waals surface area (Å²) in [6.07, 6.45) is 1.16. The van der Waals surface area contributed by atoms with E-state index in [1.54, 1.807) is 24.3 Å². The van der Waals surface area contributed by atoms with Gasteiger partial charge in [-0.15, -0.1) is 0 Å². The van der Waals surface area contributed by atoms with Gasteiger partial charge >= 0.3 is 0 Å². The van der Waals surface area contributed by atoms with Crippen molar-refractivity contribution in [3.05, 3.63) is 65.7 Å². The highest BCUT2D eigenvalue weighted by atomic mass is 19.1. The van der Waals surface area contributed by atoms with Crippen molar-refractivity contribution in [1.29, 1.82) is 0 Å². The topological polar surface area (TPSA) is 38.1 Å². The molecule has 3 rings (SSSR count). The van der Waals surface area contributed by atoms with Gasteiger partial charge in [0, 0.05) is 5.39 Å². The van der Waals surface area contributed by atoms with E-state index in [9.17, 15) is 8.78 Å². The van der Waals surface area contributed by atoms with Crippen molar-refractivity contribution < 1.29 is 13.2 Å². The van der Waals surface area contributed by atoms with Crippen LogP contribution in [0, 0.1) is 11.6 Å². The number of furan rings is 1. The number of benzene rings is 1. The van der Waals surface area contributed by atoms with Crippen molar-refractivity contribution in [1.82, 2.24) is 10.3 Å². The van der Waals surface area contributed by atoms with E-state index in [0.717, 1.165) is 6.20 Å². The lowest BCUT2D eigenvalue weighted by Crippen LogP contribution is -2.22. The number of para-hydroxylation sites is 1. The van der Waals surface area contributed by atoms with Crippen LogP contribution in [0.2, 0.25) is 0 Å². The van der Waals surface area contributed by atoms with E-state index in [1.807, 2.05) is 6.92 Å². The average molecular weight is 288 g/mol. The molecule has 21 heavy (non-hydrogen) atoms. The number of hydrogen-bond acceptors (Lipinski definition) is 3. The van der Waals surface area contributed by atoms with Crippen LogP contribution in [0.4, 0.5) is 8.78 Å². The predicted molar refractivity (Wildman–Crippen MR) is 75.9 cm³/mol. The Morgan fingerprint density at radius 2 is 2.10 bits per heavy atom. The number of halogens is 2. The van der Waals surface area contributed by atoms with Gasteiger partial charge in [0.25, 0.3) is 0 Å². The molecule has 2 heterocycles. The van der Waals surface area contributed by atoms with Crippen molar-refractivity contribution in [2.24, 2.45) is 0 Å². The number of rotatable bonds is 4. The standard InChI is InChI=1S/C16H14F2N2O/c1-2-19-15(13-7-6-11(17)9-20-13)14-8-10-4-3-5-12(18)16(10)21-14/h3-9,15,19H,2H2,1H3. The molecule has 3 nitrogen and oxygen atoms in total. The molecule has 0 saturated heterocycles. The molecule has 0 aliphatic rings. The fourth-order valence-electron chi connectivity index (χ4n) is 2.30. The molecular formula is C16H14F2N2O. The third-order valence-corrected chi connectivity index (χ3v) is 3.25. The van der Waals surface area contributed by atoms with Gasteiger partial charge in [-0.1, -0.05) is 19.1 Å². The van der Waals surface area contributed by atoms with Gasteiger partial charge in [-0.05, 0) is 30.8 Å². The van der Waals surface area contributed by atoms with E-state index in [2.05, 4.69) is 10.3 Å². The molecule has 1 atom stereocenters. The van der Waals surface area contributed by atoms with Crippen LogP contribution in [-0.4, -0.2) is 11.5 Å². The highest BCUT2D eigenvalue weighted by Crippen LogP contribution is 2.28. The van der Waals surface area contributed by atoms with E-state index in [1.165, 1.54) is 12.1 Å². The second-order valence-electron chi connectivity index (χ2n) is 4.70. The van der Waals surface area contributed by atoms with Gasteiger partial charge in [-0.25, -0.2) is 8.78 Å². The number of fused-ring (bicyclic) bond motifs is 1. The molecular weight excluding hydrogens is 274 g/mol. The van der Waals surface area contributed by atoms with Gasteiger partial charge in [0.1, 0.15) is 17.6 Å². The number of aromatic nitrogens is 1. The highest BCUT2D eigenvalue weighted by Gasteiger charge is 2.20. The molecule has 0 bridgehead atoms. The zero-order chi connectivity index (χ0) is 14.8. The Morgan fingerprint density at radius 1 is 1.24 bits per heavy atom. The van der Waals surface area contributed by atoms with E-state index < -0.39 is 11.6 Å². The van der Waals surface area contributed by atoms with Crippen LogP contribution >= 0.6 is 0 Å². The van der Waals surface area contributed by atoms with Gasteiger partial charge in [0.05, 0.1) is 11.9 Å². The minimum atomic E-state index is -0.402. The van der Waals surface area contributed by atoms with Gasteiger partial charge in [0.2, 0.25) is 0 Å². The maximum atomic E-state index is 13.7. The normalized spacial score (nSPS) is 12.7. The molecule has 1 unspecified atom stereocenters. The summed E-state index contributed by atoms with van der Waals surface area (Å²) in [7, 11) is 0. The largest absolute Gasteiger partial charge is 0.456 e. The summed E-state index contributed by atoms with van der Waals surface area (Å²) < 4.78 is 32.4. The lowest BCUT2D eigenvalue weighted by atomic mass is 10.1. The smallest absolute Gasteiger partial charge is 0.169 e. The summed E-state index contributed by atoms with van der Waals surface area (Å²) in [6, 6.07) is 9.14. The van der Waals surface area contributed by atoms with E-state index in [4.69, 9.17) is 4.42 Å². The number of hydrogen-bond donors (Lipinski definition) is 1.